The van der Waals surface area contributed by atoms with E-state index in [1.165, 1.54) is 8.82 Å². The van der Waals surface area contributed by atoms with Crippen molar-refractivity contribution >= 4 is 40.0 Å². The molecule has 2 N–H and O–H groups in total. The minimum atomic E-state index is -2.29. The highest BCUT2D eigenvalue weighted by Gasteiger charge is 2.32. The van der Waals surface area contributed by atoms with Gasteiger partial charge < -0.3 is 9.84 Å². The summed E-state index contributed by atoms with van der Waals surface area (Å²) in [5.74, 6) is -0.147. The highest BCUT2D eigenvalue weighted by atomic mass is 35.5. The summed E-state index contributed by atoms with van der Waals surface area (Å²) in [4.78, 5) is 12.3. The van der Waals surface area contributed by atoms with Crippen molar-refractivity contribution in [1.82, 2.24) is 9.61 Å². The molecule has 0 radical (unpaired) electrons. The number of hydrogen-bond donors (Lipinski definition) is 2. The Labute approximate surface area is 215 Å². The van der Waals surface area contributed by atoms with Gasteiger partial charge in [0, 0.05) is 17.1 Å². The van der Waals surface area contributed by atoms with Crippen molar-refractivity contribution in [3.05, 3.63) is 82.5 Å². The molecule has 1 aliphatic carbocycles. The van der Waals surface area contributed by atoms with E-state index in [1.807, 2.05) is 24.3 Å². The van der Waals surface area contributed by atoms with Gasteiger partial charge in [0.2, 0.25) is 0 Å². The van der Waals surface area contributed by atoms with Gasteiger partial charge in [0.25, 0.3) is 11.3 Å². The van der Waals surface area contributed by atoms with Crippen molar-refractivity contribution in [3.63, 3.8) is 0 Å². The van der Waals surface area contributed by atoms with Crippen LogP contribution in [0.1, 0.15) is 40.2 Å². The molecule has 2 heterocycles. The molecule has 2 aromatic carbocycles. The van der Waals surface area contributed by atoms with Crippen molar-refractivity contribution in [2.45, 2.75) is 25.2 Å². The van der Waals surface area contributed by atoms with E-state index in [4.69, 9.17) is 16.3 Å². The van der Waals surface area contributed by atoms with Crippen LogP contribution in [-0.2, 0) is 17.7 Å². The summed E-state index contributed by atoms with van der Waals surface area (Å²) in [5, 5.41) is 15.1. The molecule has 1 aliphatic rings. The van der Waals surface area contributed by atoms with Crippen LogP contribution in [0.5, 0.6) is 5.75 Å². The number of carboxylic acids is 1. The number of pyridine rings is 1. The Hall–Kier alpha value is -3.40. The monoisotopic (exact) mass is 525 g/mol. The smallest absolute Gasteiger partial charge is 0.340 e. The molecule has 0 spiro atoms. The lowest BCUT2D eigenvalue weighted by atomic mass is 10.0. The zero-order valence-electron chi connectivity index (χ0n) is 19.4. The lowest BCUT2D eigenvalue weighted by Gasteiger charge is -2.23. The number of carbonyl (C=O) groups is 1. The fourth-order valence-corrected chi connectivity index (χ4v) is 5.05. The third-order valence-electron chi connectivity index (χ3n) is 6.35. The van der Waals surface area contributed by atoms with Crippen molar-refractivity contribution in [1.29, 1.82) is 0 Å². The minimum absolute atomic E-state index is 0.0840. The summed E-state index contributed by atoms with van der Waals surface area (Å²) in [7, 11) is 1.60. The van der Waals surface area contributed by atoms with Crippen LogP contribution >= 0.6 is 11.6 Å². The van der Waals surface area contributed by atoms with Crippen molar-refractivity contribution in [2.24, 2.45) is 0 Å². The van der Waals surface area contributed by atoms with Crippen LogP contribution in [0.25, 0.3) is 16.8 Å². The third-order valence-corrected chi connectivity index (χ3v) is 7.36. The Kier molecular flexibility index (Phi) is 6.70. The zero-order chi connectivity index (χ0) is 25.4. The molecule has 5 rings (SSSR count). The zero-order valence-corrected chi connectivity index (χ0v) is 21.0. The molecule has 1 atom stereocenters. The van der Waals surface area contributed by atoms with Crippen molar-refractivity contribution in [2.75, 3.05) is 18.0 Å². The van der Waals surface area contributed by atoms with Crippen LogP contribution in [0.3, 0.4) is 0 Å². The molecule has 36 heavy (non-hydrogen) atoms. The van der Waals surface area contributed by atoms with E-state index in [0.29, 0.717) is 33.9 Å². The van der Waals surface area contributed by atoms with Gasteiger partial charge in [-0.05, 0) is 66.6 Å². The standard InChI is InChI=1S/C26H24ClN3O5S/c1-35-20-10-2-16(3-11-20)12-13-30(36(33)34)23-15-29-22(14-21(23)17-4-5-17)24(26(31)32)25(28-29)18-6-8-19(27)9-7-18/h2-3,6-11,14-15,17H,4-5,12-13H2,1H3,(H,31,32)(H,33,34). The Morgan fingerprint density at radius 1 is 1.19 bits per heavy atom. The van der Waals surface area contributed by atoms with Gasteiger partial charge in [-0.2, -0.15) is 5.10 Å². The van der Waals surface area contributed by atoms with Gasteiger partial charge in [-0.1, -0.05) is 35.9 Å². The van der Waals surface area contributed by atoms with E-state index < -0.39 is 17.2 Å². The number of nitrogens with zero attached hydrogens (tertiary/aromatic N) is 3. The van der Waals surface area contributed by atoms with Gasteiger partial charge in [-0.3, -0.25) is 8.86 Å². The molecule has 1 saturated carbocycles. The number of rotatable bonds is 9. The largest absolute Gasteiger partial charge is 0.497 e. The first-order valence-electron chi connectivity index (χ1n) is 11.4. The third kappa shape index (κ3) is 4.82. The van der Waals surface area contributed by atoms with E-state index in [-0.39, 0.29) is 18.0 Å². The fraction of sp³-hybridized carbons (Fsp3) is 0.231. The van der Waals surface area contributed by atoms with E-state index in [9.17, 15) is 18.7 Å². The topological polar surface area (TPSA) is 104 Å². The summed E-state index contributed by atoms with van der Waals surface area (Å²) in [6, 6.07) is 16.2. The number of aromatic carboxylic acids is 1. The number of halogens is 1. The second kappa shape index (κ2) is 9.93. The van der Waals surface area contributed by atoms with Gasteiger partial charge in [-0.25, -0.2) is 13.5 Å². The maximum Gasteiger partial charge on any atom is 0.340 e. The summed E-state index contributed by atoms with van der Waals surface area (Å²) >= 11 is 3.73. The Morgan fingerprint density at radius 2 is 1.89 bits per heavy atom. The fourth-order valence-electron chi connectivity index (χ4n) is 4.35. The molecule has 2 aromatic heterocycles. The predicted molar refractivity (Wildman–Crippen MR) is 139 cm³/mol. The summed E-state index contributed by atoms with van der Waals surface area (Å²) in [6.07, 6.45) is 4.08. The number of methoxy groups -OCH3 is 1. The molecule has 0 aliphatic heterocycles. The average Bonchev–Trinajstić information content (AvgIpc) is 3.64. The van der Waals surface area contributed by atoms with Crippen LogP contribution in [-0.4, -0.2) is 43.1 Å². The Bertz CT molecular complexity index is 1450. The maximum atomic E-state index is 12.5. The quantitative estimate of drug-likeness (QED) is 0.282. The van der Waals surface area contributed by atoms with Crippen LogP contribution in [0.4, 0.5) is 5.69 Å². The molecule has 0 saturated heterocycles. The molecular weight excluding hydrogens is 502 g/mol. The van der Waals surface area contributed by atoms with Gasteiger partial charge in [-0.15, -0.1) is 0 Å². The molecule has 8 nitrogen and oxygen atoms in total. The van der Waals surface area contributed by atoms with Crippen LogP contribution in [0.15, 0.2) is 60.8 Å². The summed E-state index contributed by atoms with van der Waals surface area (Å²) < 4.78 is 30.8. The summed E-state index contributed by atoms with van der Waals surface area (Å²) in [5.41, 5.74) is 3.88. The first-order chi connectivity index (χ1) is 17.4. The number of aromatic nitrogens is 2. The molecule has 1 unspecified atom stereocenters. The number of benzene rings is 2. The van der Waals surface area contributed by atoms with Crippen LogP contribution < -0.4 is 9.04 Å². The van der Waals surface area contributed by atoms with Crippen molar-refractivity contribution < 1.29 is 23.4 Å². The average molecular weight is 526 g/mol. The number of hydrogen-bond acceptors (Lipinski definition) is 4. The Morgan fingerprint density at radius 3 is 2.47 bits per heavy atom. The van der Waals surface area contributed by atoms with Gasteiger partial charge in [0.15, 0.2) is 0 Å². The van der Waals surface area contributed by atoms with Gasteiger partial charge in [0.1, 0.15) is 17.0 Å². The first-order valence-corrected chi connectivity index (χ1v) is 12.9. The SMILES string of the molecule is COc1ccc(CCN(c2cn3nc(-c4ccc(Cl)cc4)c(C(=O)O)c3cc2C2CC2)S(=O)O)cc1. The van der Waals surface area contributed by atoms with Crippen molar-refractivity contribution in [3.8, 4) is 17.0 Å². The second-order valence-electron chi connectivity index (χ2n) is 8.68. The minimum Gasteiger partial charge on any atom is -0.497 e. The Balaban J connectivity index is 1.58. The van der Waals surface area contributed by atoms with Crippen LogP contribution in [0, 0.1) is 0 Å². The molecule has 186 valence electrons. The van der Waals surface area contributed by atoms with E-state index >= 15 is 0 Å². The highest BCUT2D eigenvalue weighted by molar-refractivity contribution is 7.80. The molecule has 0 amide bonds. The lowest BCUT2D eigenvalue weighted by molar-refractivity contribution is 0.0699. The van der Waals surface area contributed by atoms with E-state index in [2.05, 4.69) is 5.10 Å². The van der Waals surface area contributed by atoms with E-state index in [0.717, 1.165) is 29.7 Å². The second-order valence-corrected chi connectivity index (χ2v) is 10.0. The van der Waals surface area contributed by atoms with Gasteiger partial charge >= 0.3 is 5.97 Å². The maximum absolute atomic E-state index is 12.5. The number of carboxylic acid groups (broad SMARTS) is 1. The molecule has 1 fully saturated rings. The first kappa shape index (κ1) is 24.3. The van der Waals surface area contributed by atoms with E-state index in [1.54, 1.807) is 43.6 Å². The normalized spacial score (nSPS) is 14.1. The molecule has 10 heteroatoms. The van der Waals surface area contributed by atoms with Crippen LogP contribution in [0.2, 0.25) is 5.02 Å². The van der Waals surface area contributed by atoms with Gasteiger partial charge in [0.05, 0.1) is 24.5 Å². The molecule has 0 bridgehead atoms. The molecule has 4 aromatic rings. The lowest BCUT2D eigenvalue weighted by Crippen LogP contribution is -2.29. The highest BCUT2D eigenvalue weighted by Crippen LogP contribution is 2.46. The summed E-state index contributed by atoms with van der Waals surface area (Å²) in [6.45, 7) is 0.289. The number of fused-ring (bicyclic) bond motifs is 1. The number of ether oxygens (including phenoxy) is 1. The number of anilines is 1. The molecular formula is C26H24ClN3O5S. The predicted octanol–water partition coefficient (Wildman–Crippen LogP) is 5.42.